The fraction of sp³-hybridized carbons (Fsp3) is 0.167. The van der Waals surface area contributed by atoms with Gasteiger partial charge in [0.1, 0.15) is 5.82 Å². The SMILES string of the molecule is O=C(Nc1cccc(F)c1)Nc1cc(NC(=O)c2ccccc2)ccc1N1CCCC1. The van der Waals surface area contributed by atoms with Crippen LogP contribution in [0, 0.1) is 5.82 Å². The first-order chi connectivity index (χ1) is 15.1. The fourth-order valence-corrected chi connectivity index (χ4v) is 3.59. The zero-order valence-electron chi connectivity index (χ0n) is 16.9. The van der Waals surface area contributed by atoms with E-state index in [9.17, 15) is 14.0 Å². The quantitative estimate of drug-likeness (QED) is 0.525. The van der Waals surface area contributed by atoms with Crippen molar-refractivity contribution in [1.82, 2.24) is 0 Å². The highest BCUT2D eigenvalue weighted by Gasteiger charge is 2.18. The second-order valence-electron chi connectivity index (χ2n) is 7.34. The summed E-state index contributed by atoms with van der Waals surface area (Å²) in [5.41, 5.74) is 2.92. The number of amides is 3. The van der Waals surface area contributed by atoms with Crippen LogP contribution in [0.5, 0.6) is 0 Å². The molecule has 0 atom stereocenters. The number of urea groups is 1. The standard InChI is InChI=1S/C24H23FN4O2/c25-18-9-6-10-19(15-18)27-24(31)28-21-16-20(11-12-22(21)29-13-4-5-14-29)26-23(30)17-7-2-1-3-8-17/h1-3,6-12,15-16H,4-5,13-14H2,(H,26,30)(H2,27,28,31). The Morgan fingerprint density at radius 1 is 0.774 bits per heavy atom. The predicted molar refractivity (Wildman–Crippen MR) is 121 cm³/mol. The van der Waals surface area contributed by atoms with Gasteiger partial charge in [-0.05, 0) is 61.4 Å². The van der Waals surface area contributed by atoms with Crippen molar-refractivity contribution in [1.29, 1.82) is 0 Å². The van der Waals surface area contributed by atoms with Gasteiger partial charge in [-0.15, -0.1) is 0 Å². The van der Waals surface area contributed by atoms with Crippen LogP contribution in [-0.2, 0) is 0 Å². The Balaban J connectivity index is 1.55. The van der Waals surface area contributed by atoms with Crippen LogP contribution in [0.1, 0.15) is 23.2 Å². The van der Waals surface area contributed by atoms with E-state index in [0.717, 1.165) is 31.6 Å². The number of rotatable bonds is 5. The van der Waals surface area contributed by atoms with E-state index < -0.39 is 11.8 Å². The zero-order chi connectivity index (χ0) is 21.6. The molecular weight excluding hydrogens is 395 g/mol. The number of nitrogens with one attached hydrogen (secondary N) is 3. The van der Waals surface area contributed by atoms with Crippen molar-refractivity contribution in [3.8, 4) is 0 Å². The number of benzene rings is 3. The molecule has 0 unspecified atom stereocenters. The molecule has 0 aliphatic carbocycles. The first kappa shape index (κ1) is 20.4. The molecular formula is C24H23FN4O2. The molecule has 0 aromatic heterocycles. The zero-order valence-corrected chi connectivity index (χ0v) is 16.9. The Labute approximate surface area is 180 Å². The van der Waals surface area contributed by atoms with E-state index in [1.165, 1.54) is 18.2 Å². The highest BCUT2D eigenvalue weighted by atomic mass is 19.1. The lowest BCUT2D eigenvalue weighted by atomic mass is 10.2. The lowest BCUT2D eigenvalue weighted by molar-refractivity contribution is 0.102. The van der Waals surface area contributed by atoms with Crippen molar-refractivity contribution in [2.24, 2.45) is 0 Å². The number of nitrogens with zero attached hydrogens (tertiary/aromatic N) is 1. The Morgan fingerprint density at radius 3 is 2.26 bits per heavy atom. The van der Waals surface area contributed by atoms with Crippen LogP contribution in [0.3, 0.4) is 0 Å². The average Bonchev–Trinajstić information content (AvgIpc) is 3.29. The van der Waals surface area contributed by atoms with E-state index in [0.29, 0.717) is 22.6 Å². The molecule has 0 saturated carbocycles. The van der Waals surface area contributed by atoms with E-state index in [1.807, 2.05) is 18.2 Å². The smallest absolute Gasteiger partial charge is 0.323 e. The third-order valence-electron chi connectivity index (χ3n) is 5.07. The summed E-state index contributed by atoms with van der Waals surface area (Å²) in [6.07, 6.45) is 2.17. The average molecular weight is 418 g/mol. The van der Waals surface area contributed by atoms with Crippen molar-refractivity contribution >= 4 is 34.7 Å². The summed E-state index contributed by atoms with van der Waals surface area (Å²) in [6, 6.07) is 19.6. The van der Waals surface area contributed by atoms with Gasteiger partial charge in [-0.2, -0.15) is 0 Å². The van der Waals surface area contributed by atoms with Gasteiger partial charge >= 0.3 is 6.03 Å². The second kappa shape index (κ2) is 9.30. The van der Waals surface area contributed by atoms with Gasteiger partial charge in [-0.1, -0.05) is 24.3 Å². The normalized spacial score (nSPS) is 13.0. The summed E-state index contributed by atoms with van der Waals surface area (Å²) in [6.45, 7) is 1.80. The highest BCUT2D eigenvalue weighted by molar-refractivity contribution is 6.06. The maximum atomic E-state index is 13.4. The summed E-state index contributed by atoms with van der Waals surface area (Å²) < 4.78 is 13.4. The van der Waals surface area contributed by atoms with E-state index in [1.54, 1.807) is 36.4 Å². The van der Waals surface area contributed by atoms with Gasteiger partial charge < -0.3 is 20.9 Å². The van der Waals surface area contributed by atoms with E-state index in [4.69, 9.17) is 0 Å². The minimum absolute atomic E-state index is 0.232. The van der Waals surface area contributed by atoms with Gasteiger partial charge in [0.05, 0.1) is 11.4 Å². The molecule has 1 saturated heterocycles. The molecule has 1 aliphatic rings. The predicted octanol–water partition coefficient (Wildman–Crippen LogP) is 5.32. The first-order valence-corrected chi connectivity index (χ1v) is 10.2. The number of anilines is 4. The van der Waals surface area contributed by atoms with E-state index in [2.05, 4.69) is 20.9 Å². The minimum atomic E-state index is -0.488. The number of carbonyl (C=O) groups excluding carboxylic acids is 2. The third kappa shape index (κ3) is 5.19. The molecule has 0 radical (unpaired) electrons. The van der Waals surface area contributed by atoms with Crippen LogP contribution in [-0.4, -0.2) is 25.0 Å². The topological polar surface area (TPSA) is 73.5 Å². The monoisotopic (exact) mass is 418 g/mol. The van der Waals surface area contributed by atoms with Gasteiger partial charge in [-0.3, -0.25) is 4.79 Å². The van der Waals surface area contributed by atoms with Gasteiger partial charge in [-0.25, -0.2) is 9.18 Å². The molecule has 7 heteroatoms. The number of carbonyl (C=O) groups is 2. The molecule has 1 fully saturated rings. The molecule has 6 nitrogen and oxygen atoms in total. The fourth-order valence-electron chi connectivity index (χ4n) is 3.59. The summed E-state index contributed by atoms with van der Waals surface area (Å²) in [4.78, 5) is 27.3. The minimum Gasteiger partial charge on any atom is -0.370 e. The summed E-state index contributed by atoms with van der Waals surface area (Å²) >= 11 is 0. The Hall–Kier alpha value is -3.87. The molecule has 1 aliphatic heterocycles. The molecule has 3 N–H and O–H groups in total. The van der Waals surface area contributed by atoms with Gasteiger partial charge in [0, 0.05) is 30.0 Å². The number of hydrogen-bond acceptors (Lipinski definition) is 3. The molecule has 0 spiro atoms. The summed E-state index contributed by atoms with van der Waals surface area (Å²) in [5.74, 6) is -0.661. The van der Waals surface area contributed by atoms with Crippen molar-refractivity contribution in [3.05, 3.63) is 84.2 Å². The lowest BCUT2D eigenvalue weighted by Gasteiger charge is -2.22. The first-order valence-electron chi connectivity index (χ1n) is 10.2. The van der Waals surface area contributed by atoms with E-state index in [-0.39, 0.29) is 5.91 Å². The lowest BCUT2D eigenvalue weighted by Crippen LogP contribution is -2.24. The van der Waals surface area contributed by atoms with Crippen LogP contribution < -0.4 is 20.9 Å². The molecule has 3 amide bonds. The maximum Gasteiger partial charge on any atom is 0.323 e. The summed E-state index contributed by atoms with van der Waals surface area (Å²) in [7, 11) is 0. The Morgan fingerprint density at radius 2 is 1.52 bits per heavy atom. The third-order valence-corrected chi connectivity index (χ3v) is 5.07. The van der Waals surface area contributed by atoms with Gasteiger partial charge in [0.15, 0.2) is 0 Å². The van der Waals surface area contributed by atoms with Crippen molar-refractivity contribution in [2.45, 2.75) is 12.8 Å². The largest absolute Gasteiger partial charge is 0.370 e. The Bertz CT molecular complexity index is 1080. The van der Waals surface area contributed by atoms with Crippen molar-refractivity contribution in [2.75, 3.05) is 33.9 Å². The molecule has 3 aromatic rings. The van der Waals surface area contributed by atoms with E-state index >= 15 is 0 Å². The maximum absolute atomic E-state index is 13.4. The van der Waals surface area contributed by atoms with Crippen LogP contribution in [0.2, 0.25) is 0 Å². The summed E-state index contributed by atoms with van der Waals surface area (Å²) in [5, 5.41) is 8.35. The Kier molecular flexibility index (Phi) is 6.12. The number of halogens is 1. The molecule has 1 heterocycles. The second-order valence-corrected chi connectivity index (χ2v) is 7.34. The molecule has 4 rings (SSSR count). The highest BCUT2D eigenvalue weighted by Crippen LogP contribution is 2.32. The van der Waals surface area contributed by atoms with Gasteiger partial charge in [0.25, 0.3) is 5.91 Å². The van der Waals surface area contributed by atoms with Crippen LogP contribution in [0.4, 0.5) is 31.9 Å². The molecule has 0 bridgehead atoms. The molecule has 158 valence electrons. The van der Waals surface area contributed by atoms with Gasteiger partial charge in [0.2, 0.25) is 0 Å². The molecule has 31 heavy (non-hydrogen) atoms. The number of hydrogen-bond donors (Lipinski definition) is 3. The molecule has 3 aromatic carbocycles. The van der Waals surface area contributed by atoms with Crippen LogP contribution >= 0.6 is 0 Å². The van der Waals surface area contributed by atoms with Crippen LogP contribution in [0.25, 0.3) is 0 Å². The van der Waals surface area contributed by atoms with Crippen LogP contribution in [0.15, 0.2) is 72.8 Å². The van der Waals surface area contributed by atoms with Crippen molar-refractivity contribution in [3.63, 3.8) is 0 Å². The van der Waals surface area contributed by atoms with Crippen molar-refractivity contribution < 1.29 is 14.0 Å².